The van der Waals surface area contributed by atoms with E-state index in [4.69, 9.17) is 9.47 Å². The molecule has 0 heterocycles. The van der Waals surface area contributed by atoms with Crippen LogP contribution in [0.3, 0.4) is 0 Å². The molecule has 0 unspecified atom stereocenters. The molecule has 4 nitrogen and oxygen atoms in total. The van der Waals surface area contributed by atoms with Gasteiger partial charge in [-0.3, -0.25) is 0 Å². The smallest absolute Gasteiger partial charge is 0.338 e. The Morgan fingerprint density at radius 3 is 2.10 bits per heavy atom. The van der Waals surface area contributed by atoms with Gasteiger partial charge in [-0.1, -0.05) is 24.8 Å². The van der Waals surface area contributed by atoms with Gasteiger partial charge in [-0.15, -0.1) is 0 Å². The van der Waals surface area contributed by atoms with Crippen LogP contribution in [0.15, 0.2) is 42.5 Å². The van der Waals surface area contributed by atoms with Crippen LogP contribution in [0, 0.1) is 0 Å². The lowest BCUT2D eigenvalue weighted by Crippen LogP contribution is -2.07. The molecule has 114 valence electrons. The van der Waals surface area contributed by atoms with Crippen molar-refractivity contribution in [2.45, 2.75) is 32.6 Å². The molecule has 0 fully saturated rings. The molecule has 0 saturated carbocycles. The summed E-state index contributed by atoms with van der Waals surface area (Å²) < 4.78 is 10.2. The van der Waals surface area contributed by atoms with Gasteiger partial charge < -0.3 is 9.47 Å². The van der Waals surface area contributed by atoms with Gasteiger partial charge in [0.25, 0.3) is 0 Å². The fourth-order valence-corrected chi connectivity index (χ4v) is 1.67. The van der Waals surface area contributed by atoms with Crippen molar-refractivity contribution in [3.05, 3.63) is 48.0 Å². The average Bonchev–Trinajstić information content (AvgIpc) is 2.50. The third-order valence-corrected chi connectivity index (χ3v) is 2.86. The van der Waals surface area contributed by atoms with Crippen LogP contribution in [0.2, 0.25) is 0 Å². The van der Waals surface area contributed by atoms with Crippen LogP contribution in [-0.2, 0) is 14.3 Å². The number of hydrogen-bond donors (Lipinski definition) is 0. The summed E-state index contributed by atoms with van der Waals surface area (Å²) >= 11 is 0. The standard InChI is InChI=1S/C17H22O4/c1-14(2)16(18)20-12-8-3-4-9-13-21-17(19)15-10-6-5-7-11-15/h5-7,10-11H,1,3-4,8-9,12-13H2,2H3. The van der Waals surface area contributed by atoms with E-state index in [-0.39, 0.29) is 11.9 Å². The van der Waals surface area contributed by atoms with Gasteiger partial charge in [-0.25, -0.2) is 9.59 Å². The minimum absolute atomic E-state index is 0.286. The van der Waals surface area contributed by atoms with Gasteiger partial charge in [0.1, 0.15) is 0 Å². The molecular formula is C17H22O4. The number of benzene rings is 1. The summed E-state index contributed by atoms with van der Waals surface area (Å²) in [5.41, 5.74) is 0.993. The van der Waals surface area contributed by atoms with E-state index in [2.05, 4.69) is 6.58 Å². The molecule has 0 N–H and O–H groups in total. The lowest BCUT2D eigenvalue weighted by molar-refractivity contribution is -0.139. The number of carbonyl (C=O) groups excluding carboxylic acids is 2. The molecule has 1 aromatic carbocycles. The summed E-state index contributed by atoms with van der Waals surface area (Å²) in [6, 6.07) is 8.94. The Morgan fingerprint density at radius 2 is 1.52 bits per heavy atom. The SMILES string of the molecule is C=C(C)C(=O)OCCCCCCOC(=O)c1ccccc1. The van der Waals surface area contributed by atoms with Crippen molar-refractivity contribution in [2.24, 2.45) is 0 Å². The Hall–Kier alpha value is -2.10. The third kappa shape index (κ3) is 7.30. The van der Waals surface area contributed by atoms with Crippen molar-refractivity contribution >= 4 is 11.9 Å². The number of unbranched alkanes of at least 4 members (excludes halogenated alkanes) is 3. The summed E-state index contributed by atoms with van der Waals surface area (Å²) in [5, 5.41) is 0. The second-order valence-corrected chi connectivity index (χ2v) is 4.83. The highest BCUT2D eigenvalue weighted by molar-refractivity contribution is 5.89. The van der Waals surface area contributed by atoms with Crippen LogP contribution < -0.4 is 0 Å². The number of hydrogen-bond acceptors (Lipinski definition) is 4. The molecule has 0 spiro atoms. The van der Waals surface area contributed by atoms with Gasteiger partial charge in [0.15, 0.2) is 0 Å². The highest BCUT2D eigenvalue weighted by Crippen LogP contribution is 2.05. The summed E-state index contributed by atoms with van der Waals surface area (Å²) in [7, 11) is 0. The third-order valence-electron chi connectivity index (χ3n) is 2.86. The Kier molecular flexibility index (Phi) is 7.87. The first-order valence-corrected chi connectivity index (χ1v) is 7.16. The lowest BCUT2D eigenvalue weighted by Gasteiger charge is -2.05. The topological polar surface area (TPSA) is 52.6 Å². The predicted molar refractivity (Wildman–Crippen MR) is 81.0 cm³/mol. The second-order valence-electron chi connectivity index (χ2n) is 4.83. The van der Waals surface area contributed by atoms with E-state index in [0.29, 0.717) is 24.4 Å². The van der Waals surface area contributed by atoms with Gasteiger partial charge >= 0.3 is 11.9 Å². The molecule has 0 atom stereocenters. The number of esters is 2. The van der Waals surface area contributed by atoms with Crippen molar-refractivity contribution in [3.8, 4) is 0 Å². The summed E-state index contributed by atoms with van der Waals surface area (Å²) in [6.07, 6.45) is 3.50. The van der Waals surface area contributed by atoms with Crippen molar-refractivity contribution in [1.29, 1.82) is 0 Å². The molecule has 0 aliphatic heterocycles. The number of carbonyl (C=O) groups is 2. The van der Waals surface area contributed by atoms with E-state index in [9.17, 15) is 9.59 Å². The minimum Gasteiger partial charge on any atom is -0.462 e. The second kappa shape index (κ2) is 9.75. The molecule has 4 heteroatoms. The quantitative estimate of drug-likeness (QED) is 0.396. The molecule has 1 aromatic rings. The maximum atomic E-state index is 11.6. The lowest BCUT2D eigenvalue weighted by atomic mass is 10.2. The van der Waals surface area contributed by atoms with Gasteiger partial charge in [-0.2, -0.15) is 0 Å². The first kappa shape index (κ1) is 17.0. The van der Waals surface area contributed by atoms with E-state index in [1.165, 1.54) is 0 Å². The van der Waals surface area contributed by atoms with Crippen molar-refractivity contribution in [1.82, 2.24) is 0 Å². The maximum Gasteiger partial charge on any atom is 0.338 e. The first-order chi connectivity index (χ1) is 10.1. The van der Waals surface area contributed by atoms with Crippen LogP contribution in [0.25, 0.3) is 0 Å². The minimum atomic E-state index is -0.341. The molecular weight excluding hydrogens is 268 g/mol. The summed E-state index contributed by atoms with van der Waals surface area (Å²) in [5.74, 6) is -0.627. The zero-order valence-corrected chi connectivity index (χ0v) is 12.5. The normalized spacial score (nSPS) is 9.95. The monoisotopic (exact) mass is 290 g/mol. The molecule has 21 heavy (non-hydrogen) atoms. The van der Waals surface area contributed by atoms with Gasteiger partial charge in [0, 0.05) is 5.57 Å². The summed E-state index contributed by atoms with van der Waals surface area (Å²) in [4.78, 5) is 22.7. The van der Waals surface area contributed by atoms with Crippen molar-refractivity contribution in [3.63, 3.8) is 0 Å². The Balaban J connectivity index is 1.99. The van der Waals surface area contributed by atoms with E-state index >= 15 is 0 Å². The Bertz CT molecular complexity index is 465. The molecule has 0 aliphatic rings. The van der Waals surface area contributed by atoms with Crippen LogP contribution >= 0.6 is 0 Å². The summed E-state index contributed by atoms with van der Waals surface area (Å²) in [6.45, 7) is 5.97. The molecule has 0 bridgehead atoms. The fraction of sp³-hybridized carbons (Fsp3) is 0.412. The largest absolute Gasteiger partial charge is 0.462 e. The molecule has 0 radical (unpaired) electrons. The first-order valence-electron chi connectivity index (χ1n) is 7.16. The van der Waals surface area contributed by atoms with Crippen LogP contribution in [0.5, 0.6) is 0 Å². The van der Waals surface area contributed by atoms with E-state index in [1.807, 2.05) is 18.2 Å². The predicted octanol–water partition coefficient (Wildman–Crippen LogP) is 3.52. The zero-order chi connectivity index (χ0) is 15.5. The van der Waals surface area contributed by atoms with Crippen LogP contribution in [0.4, 0.5) is 0 Å². The zero-order valence-electron chi connectivity index (χ0n) is 12.5. The van der Waals surface area contributed by atoms with E-state index in [0.717, 1.165) is 25.7 Å². The van der Waals surface area contributed by atoms with Crippen LogP contribution in [-0.4, -0.2) is 25.2 Å². The molecule has 0 aromatic heterocycles. The number of ether oxygens (including phenoxy) is 2. The molecule has 1 rings (SSSR count). The molecule has 0 amide bonds. The van der Waals surface area contributed by atoms with E-state index < -0.39 is 0 Å². The van der Waals surface area contributed by atoms with Gasteiger partial charge in [0.2, 0.25) is 0 Å². The fourth-order valence-electron chi connectivity index (χ4n) is 1.67. The average molecular weight is 290 g/mol. The highest BCUT2D eigenvalue weighted by atomic mass is 16.5. The van der Waals surface area contributed by atoms with Gasteiger partial charge in [0.05, 0.1) is 18.8 Å². The van der Waals surface area contributed by atoms with Crippen LogP contribution in [0.1, 0.15) is 43.0 Å². The number of rotatable bonds is 9. The maximum absolute atomic E-state index is 11.6. The Morgan fingerprint density at radius 1 is 0.952 bits per heavy atom. The highest BCUT2D eigenvalue weighted by Gasteiger charge is 2.05. The Labute approximate surface area is 125 Å². The molecule has 0 aliphatic carbocycles. The van der Waals surface area contributed by atoms with Gasteiger partial charge in [-0.05, 0) is 44.7 Å². The van der Waals surface area contributed by atoms with Crippen molar-refractivity contribution in [2.75, 3.05) is 13.2 Å². The molecule has 0 saturated heterocycles. The van der Waals surface area contributed by atoms with Crippen molar-refractivity contribution < 1.29 is 19.1 Å². The van der Waals surface area contributed by atoms with E-state index in [1.54, 1.807) is 19.1 Å².